The van der Waals surface area contributed by atoms with Gasteiger partial charge >= 0.3 is 23.9 Å². The van der Waals surface area contributed by atoms with Crippen LogP contribution in [0.3, 0.4) is 0 Å². The summed E-state index contributed by atoms with van der Waals surface area (Å²) in [4.78, 5) is 44.4. The van der Waals surface area contributed by atoms with E-state index in [0.717, 1.165) is 0 Å². The molecule has 0 aromatic carbocycles. The number of esters is 4. The fourth-order valence-electron chi connectivity index (χ4n) is 1.87. The molecule has 0 bridgehead atoms. The van der Waals surface area contributed by atoms with E-state index in [1.807, 2.05) is 0 Å². The summed E-state index contributed by atoms with van der Waals surface area (Å²) in [5.74, 6) is -0.973. The normalized spacial score (nSPS) is 10.6. The van der Waals surface area contributed by atoms with Crippen LogP contribution >= 0.6 is 0 Å². The van der Waals surface area contributed by atoms with Gasteiger partial charge < -0.3 is 18.9 Å². The number of carbonyl (C=O) groups excluding carboxylic acids is 4. The summed E-state index contributed by atoms with van der Waals surface area (Å²) >= 11 is 0. The fraction of sp³-hybridized carbons (Fsp3) is 0.684. The molecule has 0 saturated heterocycles. The molecule has 0 fully saturated rings. The van der Waals surface area contributed by atoms with Crippen molar-refractivity contribution >= 4 is 23.9 Å². The Kier molecular flexibility index (Phi) is 16.7. The molecule has 0 aliphatic heterocycles. The van der Waals surface area contributed by atoms with E-state index in [2.05, 4.69) is 15.4 Å². The number of ether oxygens (including phenoxy) is 4. The van der Waals surface area contributed by atoms with Gasteiger partial charge in [0.05, 0.1) is 26.4 Å². The highest BCUT2D eigenvalue weighted by atomic mass is 16.6. The minimum Gasteiger partial charge on any atom is -0.466 e. The molecule has 0 N–H and O–H groups in total. The molecule has 0 radical (unpaired) electrons. The number of carbonyl (C=O) groups is 4. The van der Waals surface area contributed by atoms with Crippen molar-refractivity contribution in [3.8, 4) is 12.3 Å². The van der Waals surface area contributed by atoms with E-state index >= 15 is 0 Å². The highest BCUT2D eigenvalue weighted by Gasteiger charge is 2.34. The molecular weight excluding hydrogens is 356 g/mol. The van der Waals surface area contributed by atoms with Crippen LogP contribution in [0.15, 0.2) is 0 Å². The monoisotopic (exact) mass is 386 g/mol. The average molecular weight is 386 g/mol. The Morgan fingerprint density at radius 3 is 1.44 bits per heavy atom. The third-order valence-corrected chi connectivity index (χ3v) is 2.99. The van der Waals surface area contributed by atoms with E-state index in [1.54, 1.807) is 34.6 Å². The maximum atomic E-state index is 11.6. The van der Waals surface area contributed by atoms with E-state index in [-0.39, 0.29) is 38.8 Å². The van der Waals surface area contributed by atoms with Crippen LogP contribution in [0.5, 0.6) is 0 Å². The smallest absolute Gasteiger partial charge is 0.320 e. The summed E-state index contributed by atoms with van der Waals surface area (Å²) in [5.41, 5.74) is 0. The summed E-state index contributed by atoms with van der Waals surface area (Å²) in [5, 5.41) is 0. The quantitative estimate of drug-likeness (QED) is 0.243. The maximum absolute atomic E-state index is 11.6. The predicted molar refractivity (Wildman–Crippen MR) is 97.3 cm³/mol. The molecule has 0 heterocycles. The van der Waals surface area contributed by atoms with Gasteiger partial charge in [0.1, 0.15) is 6.42 Å². The molecule has 0 amide bonds. The van der Waals surface area contributed by atoms with Crippen LogP contribution in [-0.2, 0) is 38.1 Å². The van der Waals surface area contributed by atoms with Gasteiger partial charge in [0.2, 0.25) is 0 Å². The van der Waals surface area contributed by atoms with Gasteiger partial charge in [-0.25, -0.2) is 0 Å². The first kappa shape index (κ1) is 26.7. The zero-order valence-corrected chi connectivity index (χ0v) is 16.7. The highest BCUT2D eigenvalue weighted by Crippen LogP contribution is 2.18. The molecule has 0 aliphatic rings. The molecule has 0 aromatic rings. The van der Waals surface area contributed by atoms with Crippen molar-refractivity contribution in [2.45, 2.75) is 47.5 Å². The highest BCUT2D eigenvalue weighted by molar-refractivity contribution is 5.95. The number of terminal acetylenes is 1. The van der Waals surface area contributed by atoms with Crippen LogP contribution in [0.1, 0.15) is 47.5 Å². The third kappa shape index (κ3) is 13.3. The van der Waals surface area contributed by atoms with E-state index in [1.165, 1.54) is 0 Å². The van der Waals surface area contributed by atoms with Gasteiger partial charge in [0.15, 0.2) is 5.92 Å². The Morgan fingerprint density at radius 1 is 0.778 bits per heavy atom. The van der Waals surface area contributed by atoms with Crippen LogP contribution < -0.4 is 0 Å². The van der Waals surface area contributed by atoms with Crippen molar-refractivity contribution in [3.63, 3.8) is 0 Å². The molecule has 1 atom stereocenters. The van der Waals surface area contributed by atoms with Gasteiger partial charge in [-0.15, -0.1) is 12.3 Å². The fourth-order valence-corrected chi connectivity index (χ4v) is 1.87. The molecule has 0 rings (SSSR count). The van der Waals surface area contributed by atoms with Crippen molar-refractivity contribution in [2.75, 3.05) is 26.4 Å². The topological polar surface area (TPSA) is 105 Å². The molecule has 8 nitrogen and oxygen atoms in total. The molecule has 0 spiro atoms. The van der Waals surface area contributed by atoms with Gasteiger partial charge in [-0.05, 0) is 33.6 Å². The minimum absolute atomic E-state index is 0.234. The Balaban J connectivity index is 0. The van der Waals surface area contributed by atoms with Crippen molar-refractivity contribution in [2.24, 2.45) is 11.8 Å². The molecule has 0 aromatic heterocycles. The summed E-state index contributed by atoms with van der Waals surface area (Å²) in [7, 11) is 0. The standard InChI is InChI=1S/C12H18O4.C7H12O4/c1-5-8-9(4)10(11(13)15-6-2)12(14)16-7-3;1-3-10-6(8)5-7(9)11-4-2/h1,9-10H,6-8H2,2-4H3;3-5H2,1-2H3. The lowest BCUT2D eigenvalue weighted by Crippen LogP contribution is -2.33. The number of hydrogen-bond acceptors (Lipinski definition) is 8. The first-order valence-electron chi connectivity index (χ1n) is 8.86. The lowest BCUT2D eigenvalue weighted by molar-refractivity contribution is -0.164. The molecule has 1 unspecified atom stereocenters. The van der Waals surface area contributed by atoms with Crippen LogP contribution in [-0.4, -0.2) is 50.3 Å². The zero-order valence-electron chi connectivity index (χ0n) is 16.7. The average Bonchev–Trinajstić information content (AvgIpc) is 2.56. The van der Waals surface area contributed by atoms with Gasteiger partial charge in [0.25, 0.3) is 0 Å². The Hall–Kier alpha value is -2.56. The lowest BCUT2D eigenvalue weighted by Gasteiger charge is -2.18. The molecule has 0 aliphatic carbocycles. The maximum Gasteiger partial charge on any atom is 0.320 e. The summed E-state index contributed by atoms with van der Waals surface area (Å²) in [6, 6.07) is 0. The summed E-state index contributed by atoms with van der Waals surface area (Å²) in [6.45, 7) is 9.52. The van der Waals surface area contributed by atoms with Gasteiger partial charge in [-0.3, -0.25) is 19.2 Å². The van der Waals surface area contributed by atoms with E-state index < -0.39 is 29.8 Å². The Morgan fingerprint density at radius 2 is 1.15 bits per heavy atom. The molecule has 8 heteroatoms. The van der Waals surface area contributed by atoms with Crippen molar-refractivity contribution in [1.29, 1.82) is 0 Å². The second-order valence-corrected chi connectivity index (χ2v) is 5.15. The van der Waals surface area contributed by atoms with Crippen molar-refractivity contribution < 1.29 is 38.1 Å². The summed E-state index contributed by atoms with van der Waals surface area (Å²) < 4.78 is 18.7. The van der Waals surface area contributed by atoms with Crippen molar-refractivity contribution in [1.82, 2.24) is 0 Å². The van der Waals surface area contributed by atoms with Crippen LogP contribution in [0.25, 0.3) is 0 Å². The molecule has 27 heavy (non-hydrogen) atoms. The molecule has 0 saturated carbocycles. The summed E-state index contributed by atoms with van der Waals surface area (Å²) in [6.07, 6.45) is 5.21. The van der Waals surface area contributed by atoms with Gasteiger partial charge in [-0.1, -0.05) is 6.92 Å². The van der Waals surface area contributed by atoms with Crippen molar-refractivity contribution in [3.05, 3.63) is 0 Å². The predicted octanol–water partition coefficient (Wildman–Crippen LogP) is 1.89. The largest absolute Gasteiger partial charge is 0.466 e. The van der Waals surface area contributed by atoms with Crippen LogP contribution in [0, 0.1) is 24.2 Å². The molecule has 154 valence electrons. The second-order valence-electron chi connectivity index (χ2n) is 5.15. The van der Waals surface area contributed by atoms with E-state index in [4.69, 9.17) is 15.9 Å². The number of hydrogen-bond donors (Lipinski definition) is 0. The van der Waals surface area contributed by atoms with Crippen LogP contribution in [0.4, 0.5) is 0 Å². The number of rotatable bonds is 10. The van der Waals surface area contributed by atoms with Crippen LogP contribution in [0.2, 0.25) is 0 Å². The first-order valence-corrected chi connectivity index (χ1v) is 8.86. The Bertz CT molecular complexity index is 472. The first-order chi connectivity index (χ1) is 12.8. The second kappa shape index (κ2) is 16.9. The SMILES string of the molecule is C#CCC(C)C(C(=O)OCC)C(=O)OCC.CCOC(=O)CC(=O)OCC. The van der Waals surface area contributed by atoms with Gasteiger partial charge in [0, 0.05) is 6.42 Å². The lowest BCUT2D eigenvalue weighted by atomic mass is 9.91. The zero-order chi connectivity index (χ0) is 21.2. The Labute approximate surface area is 160 Å². The van der Waals surface area contributed by atoms with Gasteiger partial charge in [-0.2, -0.15) is 0 Å². The van der Waals surface area contributed by atoms with E-state index in [0.29, 0.717) is 6.42 Å². The van der Waals surface area contributed by atoms with E-state index in [9.17, 15) is 19.2 Å². The molecular formula is C19H30O8. The minimum atomic E-state index is -0.920. The third-order valence-electron chi connectivity index (χ3n) is 2.99.